The lowest BCUT2D eigenvalue weighted by Gasteiger charge is -2.30. The molecule has 1 heterocycles. The first-order chi connectivity index (χ1) is 52.4. The highest BCUT2D eigenvalue weighted by Gasteiger charge is 2.35. The highest BCUT2D eigenvalue weighted by molar-refractivity contribution is 5.98. The average molecular weight is 1550 g/mol. The number of rotatable bonds is 50. The summed E-state index contributed by atoms with van der Waals surface area (Å²) >= 11 is 0. The van der Waals surface area contributed by atoms with Crippen LogP contribution in [0.5, 0.6) is 5.75 Å². The number of nitrogens with one attached hydrogen (secondary N) is 10. The van der Waals surface area contributed by atoms with Crippen LogP contribution in [0.15, 0.2) is 54.6 Å². The Bertz CT molecular complexity index is 3280. The summed E-state index contributed by atoms with van der Waals surface area (Å²) in [4.78, 5) is 204. The summed E-state index contributed by atoms with van der Waals surface area (Å²) in [6, 6.07) is 1.87. The number of hydrogen-bond donors (Lipinski definition) is 18. The van der Waals surface area contributed by atoms with Crippen molar-refractivity contribution < 1.29 is 103 Å². The molecule has 9 atom stereocenters. The highest BCUT2D eigenvalue weighted by atomic mass is 16.4. The molecular formula is C73H116N16O21. The Labute approximate surface area is 640 Å². The number of unbranched alkanes of at least 4 members (excludes halogenated alkanes) is 3. The van der Waals surface area contributed by atoms with Gasteiger partial charge in [0.2, 0.25) is 71.4 Å². The van der Waals surface area contributed by atoms with Gasteiger partial charge in [0, 0.05) is 71.6 Å². The number of aliphatic hydroxyl groups excluding tert-OH is 2. The molecule has 2 aromatic rings. The molecule has 0 bridgehead atoms. The third-order valence-electron chi connectivity index (χ3n) is 18.1. The van der Waals surface area contributed by atoms with Gasteiger partial charge in [0.25, 0.3) is 0 Å². The van der Waals surface area contributed by atoms with E-state index in [1.165, 1.54) is 24.3 Å². The Morgan fingerprint density at radius 2 is 0.864 bits per heavy atom. The molecule has 37 nitrogen and oxygen atoms in total. The Morgan fingerprint density at radius 3 is 1.35 bits per heavy atom. The van der Waals surface area contributed by atoms with Crippen molar-refractivity contribution in [2.45, 2.75) is 191 Å². The number of phenolic OH excluding ortho intramolecular Hbond substituents is 1. The molecule has 37 heteroatoms. The first-order valence-corrected chi connectivity index (χ1v) is 37.4. The molecule has 12 amide bonds. The lowest BCUT2D eigenvalue weighted by atomic mass is 9.99. The number of carbonyl (C=O) groups excluding carboxylic acids is 12. The number of carbonyl (C=O) groups is 15. The van der Waals surface area contributed by atoms with Crippen LogP contribution in [0.1, 0.15) is 135 Å². The van der Waals surface area contributed by atoms with Crippen molar-refractivity contribution in [2.75, 3.05) is 98.3 Å². The number of primary amides is 2. The molecule has 0 saturated carbocycles. The largest absolute Gasteiger partial charge is 0.508 e. The topological polar surface area (TPSA) is 563 Å². The minimum absolute atomic E-state index is 0.0471. The Balaban J connectivity index is 1.68. The van der Waals surface area contributed by atoms with E-state index in [-0.39, 0.29) is 122 Å². The number of amides is 12. The second kappa shape index (κ2) is 52.2. The number of carboxylic acid groups (broad SMARTS) is 3. The summed E-state index contributed by atoms with van der Waals surface area (Å²) in [5.41, 5.74) is 12.3. The third-order valence-corrected chi connectivity index (χ3v) is 18.1. The van der Waals surface area contributed by atoms with Gasteiger partial charge in [0.15, 0.2) is 0 Å². The number of nitrogens with two attached hydrogens (primary N) is 2. The summed E-state index contributed by atoms with van der Waals surface area (Å²) in [5.74, 6) is -13.1. The van der Waals surface area contributed by atoms with E-state index in [1.807, 2.05) is 32.6 Å². The zero-order chi connectivity index (χ0) is 81.7. The lowest BCUT2D eigenvalue weighted by molar-refractivity contribution is -0.140. The Morgan fingerprint density at radius 1 is 0.455 bits per heavy atom. The summed E-state index contributed by atoms with van der Waals surface area (Å²) in [5, 5.41) is 84.6. The van der Waals surface area contributed by atoms with E-state index in [1.54, 1.807) is 45.0 Å². The number of benzene rings is 2. The predicted molar refractivity (Wildman–Crippen MR) is 400 cm³/mol. The number of carboxylic acids is 3. The number of nitrogens with zero attached hydrogens (tertiary/aromatic N) is 4. The molecule has 0 spiro atoms. The quantitative estimate of drug-likeness (QED) is 0.0224. The van der Waals surface area contributed by atoms with Crippen LogP contribution in [0.3, 0.4) is 0 Å². The summed E-state index contributed by atoms with van der Waals surface area (Å²) in [6.45, 7) is 7.16. The van der Waals surface area contributed by atoms with E-state index in [2.05, 4.69) is 53.2 Å². The zero-order valence-electron chi connectivity index (χ0n) is 63.4. The molecule has 1 aliphatic rings. The van der Waals surface area contributed by atoms with Gasteiger partial charge in [-0.05, 0) is 100 Å². The monoisotopic (exact) mass is 1550 g/mol. The van der Waals surface area contributed by atoms with Gasteiger partial charge in [-0.3, -0.25) is 86.6 Å². The number of aliphatic hydroxyl groups is 2. The van der Waals surface area contributed by atoms with Crippen LogP contribution < -0.4 is 64.6 Å². The maximum absolute atomic E-state index is 14.5. The molecular weight excluding hydrogens is 1440 g/mol. The molecule has 0 unspecified atom stereocenters. The number of aromatic hydroxyl groups is 1. The van der Waals surface area contributed by atoms with E-state index >= 15 is 0 Å². The van der Waals surface area contributed by atoms with Gasteiger partial charge in [-0.25, -0.2) is 0 Å². The van der Waals surface area contributed by atoms with Gasteiger partial charge in [0.1, 0.15) is 60.1 Å². The molecule has 2 aromatic carbocycles. The van der Waals surface area contributed by atoms with Crippen molar-refractivity contribution in [1.29, 1.82) is 0 Å². The Kier molecular flexibility index (Phi) is 44.7. The molecule has 614 valence electrons. The maximum atomic E-state index is 14.5. The van der Waals surface area contributed by atoms with Gasteiger partial charge in [-0.15, -0.1) is 0 Å². The SMILES string of the molecule is CCCC[C@H](NC=O)C(=O)N[C@@H](CC(C)C)C(=O)N[C@@H](Cc1ccccc1)C(=O)N[C@@H](CCCC)C(=O)N[C@@H](Cc1ccc(O)cc1)C(=O)N[C@@H](CCCCNC(=O)[C@H](CO)NC(=O)[C@@H](CO)NC(=O)[C@H](CC(N)=O)NC(=O)CCCN1CCCN(CC(=O)O)CCN(CC(=O)O)CCCN(CC(=O)O)CC1)C(N)=O. The second-order valence-electron chi connectivity index (χ2n) is 27.7. The van der Waals surface area contributed by atoms with Gasteiger partial charge < -0.3 is 100 Å². The molecule has 0 aliphatic carbocycles. The molecule has 1 fully saturated rings. The van der Waals surface area contributed by atoms with Crippen LogP contribution in [0, 0.1) is 5.92 Å². The summed E-state index contributed by atoms with van der Waals surface area (Å²) in [6.07, 6.45) is 3.25. The fraction of sp³-hybridized carbons (Fsp3) is 0.630. The second-order valence-corrected chi connectivity index (χ2v) is 27.7. The first kappa shape index (κ1) is 94.3. The molecule has 0 aromatic heterocycles. The van der Waals surface area contributed by atoms with Crippen molar-refractivity contribution in [1.82, 2.24) is 72.8 Å². The van der Waals surface area contributed by atoms with E-state index in [0.29, 0.717) is 88.8 Å². The van der Waals surface area contributed by atoms with E-state index < -0.39 is 157 Å². The zero-order valence-corrected chi connectivity index (χ0v) is 63.4. The molecule has 1 aliphatic heterocycles. The standard InChI is InChI=1S/C73H116N16O21/c1-5-7-19-52(77-46-92)67(104)81-54(37-47(3)4)69(106)83-55(38-48-17-10-9-11-18-48)71(108)80-53(20-8-6-2)68(105)82-56(39-49-23-25-50(93)26-24-49)70(107)79-51(65(75)102)21-12-13-27-76-66(103)58(44-90)84-73(110)59(45-91)85-72(109)57(40-60(74)94)78-61(95)22-14-28-86-29-15-30-88(42-63(98)99)35-36-89(43-64(100)101)32-16-31-87(34-33-86)41-62(96)97/h9-11,17-18,23-26,46-47,51-59,90-91,93H,5-8,12-16,19-22,27-45H2,1-4H3,(H2,74,94)(H2,75,102)(H,76,103)(H,77,92)(H,78,95)(H,79,107)(H,80,108)(H,81,104)(H,82,105)(H,83,106)(H,84,110)(H,85,109)(H,96,97)(H,98,99)(H,100,101)/t51-,52-,53-,54-,55-,56-,57-,58-,59+/m0/s1. The van der Waals surface area contributed by atoms with Gasteiger partial charge >= 0.3 is 17.9 Å². The van der Waals surface area contributed by atoms with Crippen molar-refractivity contribution in [3.05, 3.63) is 65.7 Å². The van der Waals surface area contributed by atoms with Crippen molar-refractivity contribution in [3.8, 4) is 5.75 Å². The molecule has 110 heavy (non-hydrogen) atoms. The fourth-order valence-electron chi connectivity index (χ4n) is 12.1. The highest BCUT2D eigenvalue weighted by Crippen LogP contribution is 2.16. The summed E-state index contributed by atoms with van der Waals surface area (Å²) < 4.78 is 0. The minimum Gasteiger partial charge on any atom is -0.508 e. The Hall–Kier alpha value is -9.95. The van der Waals surface area contributed by atoms with Crippen molar-refractivity contribution in [2.24, 2.45) is 17.4 Å². The molecule has 0 radical (unpaired) electrons. The first-order valence-electron chi connectivity index (χ1n) is 37.4. The van der Waals surface area contributed by atoms with Crippen LogP contribution in [0.25, 0.3) is 0 Å². The van der Waals surface area contributed by atoms with Crippen LogP contribution in [0.2, 0.25) is 0 Å². The fourth-order valence-corrected chi connectivity index (χ4v) is 12.1. The summed E-state index contributed by atoms with van der Waals surface area (Å²) in [7, 11) is 0. The van der Waals surface area contributed by atoms with E-state index in [9.17, 15) is 103 Å². The number of phenols is 1. The predicted octanol–water partition coefficient (Wildman–Crippen LogP) is -3.74. The van der Waals surface area contributed by atoms with Crippen molar-refractivity contribution >= 4 is 89.3 Å². The van der Waals surface area contributed by atoms with Crippen molar-refractivity contribution in [3.63, 3.8) is 0 Å². The molecule has 1 saturated heterocycles. The average Bonchev–Trinajstić information content (AvgIpc) is 0.853. The van der Waals surface area contributed by atoms with E-state index in [0.717, 1.165) is 6.42 Å². The smallest absolute Gasteiger partial charge is 0.317 e. The maximum Gasteiger partial charge on any atom is 0.317 e. The van der Waals surface area contributed by atoms with Crippen LogP contribution in [0.4, 0.5) is 0 Å². The molecule has 20 N–H and O–H groups in total. The van der Waals surface area contributed by atoms with Gasteiger partial charge in [0.05, 0.1) is 39.3 Å². The molecule has 3 rings (SSSR count). The van der Waals surface area contributed by atoms with Gasteiger partial charge in [-0.1, -0.05) is 95.8 Å². The van der Waals surface area contributed by atoms with E-state index in [4.69, 9.17) is 11.5 Å². The van der Waals surface area contributed by atoms with Crippen LogP contribution >= 0.6 is 0 Å². The van der Waals surface area contributed by atoms with Crippen LogP contribution in [-0.2, 0) is 84.8 Å². The number of aliphatic carboxylic acids is 3. The lowest BCUT2D eigenvalue weighted by Crippen LogP contribution is -2.60. The van der Waals surface area contributed by atoms with Gasteiger partial charge in [-0.2, -0.15) is 0 Å². The normalized spacial score (nSPS) is 16.0. The van der Waals surface area contributed by atoms with Crippen LogP contribution in [-0.4, -0.2) is 292 Å². The number of hydrogen-bond acceptors (Lipinski definition) is 22. The third kappa shape index (κ3) is 38.4. The minimum atomic E-state index is -1.81.